The molecule has 7 heteroatoms. The second-order valence-corrected chi connectivity index (χ2v) is 8.10. The first kappa shape index (κ1) is 19.3. The van der Waals surface area contributed by atoms with Crippen LogP contribution in [0.25, 0.3) is 0 Å². The number of carbonyl (C=O) groups excluding carboxylic acids is 1. The lowest BCUT2D eigenvalue weighted by molar-refractivity contribution is -0.129. The highest BCUT2D eigenvalue weighted by molar-refractivity contribution is 7.92. The topological polar surface area (TPSA) is 92.7 Å². The molecule has 0 heterocycles. The van der Waals surface area contributed by atoms with Gasteiger partial charge in [-0.25, -0.2) is 13.9 Å². The van der Waals surface area contributed by atoms with Crippen LogP contribution >= 0.6 is 0 Å². The van der Waals surface area contributed by atoms with Crippen LogP contribution in [0.15, 0.2) is 29.2 Å². The molecular formula is C18H23NO5S. The summed E-state index contributed by atoms with van der Waals surface area (Å²) >= 11 is 0. The average molecular weight is 365 g/mol. The third-order valence-corrected chi connectivity index (χ3v) is 6.62. The Labute approximate surface area is 148 Å². The van der Waals surface area contributed by atoms with Gasteiger partial charge in [0.25, 0.3) is 5.91 Å². The van der Waals surface area contributed by atoms with Gasteiger partial charge in [0.1, 0.15) is 17.6 Å². The van der Waals surface area contributed by atoms with Crippen molar-refractivity contribution >= 4 is 15.7 Å². The van der Waals surface area contributed by atoms with E-state index in [2.05, 4.69) is 11.8 Å². The van der Waals surface area contributed by atoms with Crippen molar-refractivity contribution in [2.45, 2.75) is 49.2 Å². The molecule has 1 aliphatic rings. The summed E-state index contributed by atoms with van der Waals surface area (Å²) in [6.07, 6.45) is 4.14. The van der Waals surface area contributed by atoms with Gasteiger partial charge in [-0.1, -0.05) is 25.2 Å². The maximum absolute atomic E-state index is 13.0. The molecule has 0 radical (unpaired) electrons. The molecule has 0 saturated heterocycles. The van der Waals surface area contributed by atoms with Crippen LogP contribution in [-0.2, 0) is 14.6 Å². The van der Waals surface area contributed by atoms with Crippen LogP contribution < -0.4 is 10.2 Å². The number of benzene rings is 1. The van der Waals surface area contributed by atoms with E-state index >= 15 is 0 Å². The Morgan fingerprint density at radius 2 is 1.92 bits per heavy atom. The van der Waals surface area contributed by atoms with Gasteiger partial charge in [0.15, 0.2) is 9.84 Å². The summed E-state index contributed by atoms with van der Waals surface area (Å²) in [7, 11) is -3.91. The van der Waals surface area contributed by atoms with E-state index in [1.54, 1.807) is 19.1 Å². The molecular weight excluding hydrogens is 342 g/mol. The summed E-state index contributed by atoms with van der Waals surface area (Å²) in [6, 6.07) is 5.92. The van der Waals surface area contributed by atoms with Gasteiger partial charge in [-0.3, -0.25) is 10.0 Å². The van der Waals surface area contributed by atoms with Crippen molar-refractivity contribution in [3.63, 3.8) is 0 Å². The summed E-state index contributed by atoms with van der Waals surface area (Å²) in [6.45, 7) is 1.93. The summed E-state index contributed by atoms with van der Waals surface area (Å²) in [5.74, 6) is 4.80. The van der Waals surface area contributed by atoms with Gasteiger partial charge < -0.3 is 4.74 Å². The second kappa shape index (κ2) is 8.88. The Bertz CT molecular complexity index is 740. The Hall–Kier alpha value is -2.04. The van der Waals surface area contributed by atoms with Crippen LogP contribution in [-0.4, -0.2) is 31.4 Å². The van der Waals surface area contributed by atoms with Gasteiger partial charge in [0, 0.05) is 0 Å². The fraction of sp³-hybridized carbons (Fsp3) is 0.500. The molecule has 136 valence electrons. The number of nitrogens with one attached hydrogen (secondary N) is 1. The quantitative estimate of drug-likeness (QED) is 0.458. The highest BCUT2D eigenvalue weighted by Gasteiger charge is 2.40. The minimum absolute atomic E-state index is 0.0422. The number of carbonyl (C=O) groups is 1. The highest BCUT2D eigenvalue weighted by atomic mass is 32.2. The maximum Gasteiger partial charge on any atom is 0.262 e. The number of sulfone groups is 1. The number of rotatable bonds is 6. The fourth-order valence-electron chi connectivity index (χ4n) is 3.17. The molecule has 1 aromatic rings. The molecule has 1 unspecified atom stereocenters. The van der Waals surface area contributed by atoms with Crippen molar-refractivity contribution in [1.82, 2.24) is 5.48 Å². The first-order valence-electron chi connectivity index (χ1n) is 8.31. The van der Waals surface area contributed by atoms with Gasteiger partial charge in [0.05, 0.1) is 4.90 Å². The standard InChI is InChI=1S/C18H23NO5S/c1-2-3-13-24-15-9-11-16(12-10-15)25(22,23)17(18(20)19-21)14-7-5-4-6-8-14/h9-12,14,17,21H,4-8,13H2,1H3,(H,19,20). The van der Waals surface area contributed by atoms with Crippen molar-refractivity contribution in [3.8, 4) is 17.6 Å². The second-order valence-electron chi connectivity index (χ2n) is 6.03. The Kier molecular flexibility index (Phi) is 6.85. The van der Waals surface area contributed by atoms with Crippen LogP contribution in [0.2, 0.25) is 0 Å². The molecule has 2 N–H and O–H groups in total. The monoisotopic (exact) mass is 365 g/mol. The zero-order valence-electron chi connectivity index (χ0n) is 14.2. The lowest BCUT2D eigenvalue weighted by Gasteiger charge is -2.28. The molecule has 1 saturated carbocycles. The van der Waals surface area contributed by atoms with Crippen LogP contribution in [0.1, 0.15) is 39.0 Å². The minimum Gasteiger partial charge on any atom is -0.481 e. The Morgan fingerprint density at radius 3 is 2.48 bits per heavy atom. The lowest BCUT2D eigenvalue weighted by Crippen LogP contribution is -2.44. The number of hydroxylamine groups is 1. The molecule has 25 heavy (non-hydrogen) atoms. The zero-order chi connectivity index (χ0) is 18.3. The number of hydrogen-bond acceptors (Lipinski definition) is 5. The first-order chi connectivity index (χ1) is 12.0. The molecule has 2 rings (SSSR count). The third kappa shape index (κ3) is 4.74. The Morgan fingerprint density at radius 1 is 1.28 bits per heavy atom. The van der Waals surface area contributed by atoms with E-state index in [0.717, 1.165) is 19.3 Å². The highest BCUT2D eigenvalue weighted by Crippen LogP contribution is 2.33. The number of amides is 1. The lowest BCUT2D eigenvalue weighted by atomic mass is 9.86. The number of ether oxygens (including phenoxy) is 1. The van der Waals surface area contributed by atoms with Crippen LogP contribution in [0.5, 0.6) is 5.75 Å². The van der Waals surface area contributed by atoms with E-state index < -0.39 is 21.0 Å². The summed E-state index contributed by atoms with van der Waals surface area (Å²) in [5.41, 5.74) is 1.53. The molecule has 0 aliphatic heterocycles. The number of hydrogen-bond donors (Lipinski definition) is 2. The maximum atomic E-state index is 13.0. The van der Waals surface area contributed by atoms with E-state index in [1.807, 2.05) is 0 Å². The van der Waals surface area contributed by atoms with Crippen molar-refractivity contribution in [2.24, 2.45) is 5.92 Å². The average Bonchev–Trinajstić information content (AvgIpc) is 2.63. The Balaban J connectivity index is 2.25. The molecule has 1 aliphatic carbocycles. The molecule has 1 atom stereocenters. The smallest absolute Gasteiger partial charge is 0.262 e. The van der Waals surface area contributed by atoms with Gasteiger partial charge in [-0.05, 0) is 49.9 Å². The molecule has 1 amide bonds. The zero-order valence-corrected chi connectivity index (χ0v) is 15.0. The predicted octanol–water partition coefficient (Wildman–Crippen LogP) is 2.32. The summed E-state index contributed by atoms with van der Waals surface area (Å²) < 4.78 is 31.3. The van der Waals surface area contributed by atoms with E-state index in [0.29, 0.717) is 18.6 Å². The van der Waals surface area contributed by atoms with Gasteiger partial charge in [-0.15, -0.1) is 5.92 Å². The minimum atomic E-state index is -3.91. The molecule has 0 aromatic heterocycles. The molecule has 1 fully saturated rings. The van der Waals surface area contributed by atoms with Crippen LogP contribution in [0.3, 0.4) is 0 Å². The van der Waals surface area contributed by atoms with Crippen LogP contribution in [0, 0.1) is 17.8 Å². The summed E-state index contributed by atoms with van der Waals surface area (Å²) in [4.78, 5) is 12.1. The van der Waals surface area contributed by atoms with Crippen LogP contribution in [0.4, 0.5) is 0 Å². The largest absolute Gasteiger partial charge is 0.481 e. The van der Waals surface area contributed by atoms with E-state index in [4.69, 9.17) is 9.94 Å². The van der Waals surface area contributed by atoms with Gasteiger partial charge in [0.2, 0.25) is 0 Å². The molecule has 6 nitrogen and oxygen atoms in total. The van der Waals surface area contributed by atoms with Crippen molar-refractivity contribution in [2.75, 3.05) is 6.61 Å². The predicted molar refractivity (Wildman–Crippen MR) is 92.9 cm³/mol. The molecule has 0 bridgehead atoms. The van der Waals surface area contributed by atoms with Crippen molar-refractivity contribution < 1.29 is 23.2 Å². The normalized spacial score (nSPS) is 16.4. The van der Waals surface area contributed by atoms with Gasteiger partial charge >= 0.3 is 0 Å². The van der Waals surface area contributed by atoms with E-state index in [-0.39, 0.29) is 17.4 Å². The van der Waals surface area contributed by atoms with E-state index in [9.17, 15) is 13.2 Å². The molecule has 0 spiro atoms. The summed E-state index contributed by atoms with van der Waals surface area (Å²) in [5, 5.41) is 7.73. The van der Waals surface area contributed by atoms with E-state index in [1.165, 1.54) is 17.6 Å². The van der Waals surface area contributed by atoms with Crippen molar-refractivity contribution in [1.29, 1.82) is 0 Å². The van der Waals surface area contributed by atoms with Gasteiger partial charge in [-0.2, -0.15) is 0 Å². The molecule has 1 aromatic carbocycles. The fourth-order valence-corrected chi connectivity index (χ4v) is 5.09. The third-order valence-electron chi connectivity index (χ3n) is 4.42. The van der Waals surface area contributed by atoms with Crippen molar-refractivity contribution in [3.05, 3.63) is 24.3 Å². The first-order valence-corrected chi connectivity index (χ1v) is 9.85. The SMILES string of the molecule is CC#CCOc1ccc(S(=O)(=O)C(C(=O)NO)C2CCCCC2)cc1.